The van der Waals surface area contributed by atoms with Crippen LogP contribution in [0.5, 0.6) is 0 Å². The topological polar surface area (TPSA) is 101 Å². The molecule has 1 aliphatic rings. The van der Waals surface area contributed by atoms with Crippen LogP contribution in [0.2, 0.25) is 0 Å². The van der Waals surface area contributed by atoms with Gasteiger partial charge in [-0.15, -0.1) is 0 Å². The van der Waals surface area contributed by atoms with Crippen molar-refractivity contribution in [2.24, 2.45) is 11.1 Å². The van der Waals surface area contributed by atoms with Gasteiger partial charge in [-0.05, 0) is 51.0 Å². The number of benzene rings is 1. The number of nitrogens with two attached hydrogens (primary N) is 1. The maximum absolute atomic E-state index is 12.8. The van der Waals surface area contributed by atoms with E-state index in [9.17, 15) is 14.4 Å². The minimum atomic E-state index is -0.651. The van der Waals surface area contributed by atoms with Gasteiger partial charge < -0.3 is 16.4 Å². The summed E-state index contributed by atoms with van der Waals surface area (Å²) in [6.45, 7) is 3.80. The van der Waals surface area contributed by atoms with Gasteiger partial charge in [-0.2, -0.15) is 0 Å². The standard InChI is InChI=1S/C18H25N3O3/c1-12(2)20-15(22)11-18(9-3-4-10-18)17(24)21-14-7-5-13(6-8-14)16(19)23/h5-8,12H,3-4,9-11H2,1-2H3,(H2,19,23)(H,20,22)(H,21,24). The highest BCUT2D eigenvalue weighted by atomic mass is 16.2. The Kier molecular flexibility index (Phi) is 5.59. The van der Waals surface area contributed by atoms with Gasteiger partial charge in [0, 0.05) is 23.7 Å². The fourth-order valence-electron chi connectivity index (χ4n) is 3.20. The lowest BCUT2D eigenvalue weighted by Crippen LogP contribution is -2.40. The van der Waals surface area contributed by atoms with Gasteiger partial charge in [-0.1, -0.05) is 12.8 Å². The summed E-state index contributed by atoms with van der Waals surface area (Å²) in [5, 5.41) is 5.74. The monoisotopic (exact) mass is 331 g/mol. The van der Waals surface area contributed by atoms with E-state index in [4.69, 9.17) is 5.73 Å². The Labute approximate surface area is 142 Å². The first-order chi connectivity index (χ1) is 11.3. The molecule has 1 aliphatic carbocycles. The molecule has 0 radical (unpaired) electrons. The molecular weight excluding hydrogens is 306 g/mol. The molecule has 6 heteroatoms. The van der Waals surface area contributed by atoms with E-state index in [0.717, 1.165) is 12.8 Å². The minimum absolute atomic E-state index is 0.0559. The maximum atomic E-state index is 12.8. The second kappa shape index (κ2) is 7.47. The lowest BCUT2D eigenvalue weighted by Gasteiger charge is -2.27. The van der Waals surface area contributed by atoms with Crippen molar-refractivity contribution < 1.29 is 14.4 Å². The second-order valence-electron chi connectivity index (χ2n) is 6.78. The maximum Gasteiger partial charge on any atom is 0.248 e. The Hall–Kier alpha value is -2.37. The molecule has 0 atom stereocenters. The molecule has 1 aromatic rings. The number of anilines is 1. The lowest BCUT2D eigenvalue weighted by atomic mass is 9.81. The molecule has 0 spiro atoms. The van der Waals surface area contributed by atoms with Crippen molar-refractivity contribution in [3.05, 3.63) is 29.8 Å². The first kappa shape index (κ1) is 18.0. The average Bonchev–Trinajstić information content (AvgIpc) is 2.96. The van der Waals surface area contributed by atoms with Crippen LogP contribution in [0.1, 0.15) is 56.3 Å². The number of nitrogens with one attached hydrogen (secondary N) is 2. The van der Waals surface area contributed by atoms with E-state index >= 15 is 0 Å². The minimum Gasteiger partial charge on any atom is -0.366 e. The van der Waals surface area contributed by atoms with Crippen LogP contribution in [0.15, 0.2) is 24.3 Å². The molecule has 24 heavy (non-hydrogen) atoms. The van der Waals surface area contributed by atoms with E-state index in [-0.39, 0.29) is 24.3 Å². The molecule has 0 saturated heterocycles. The van der Waals surface area contributed by atoms with E-state index < -0.39 is 11.3 Å². The van der Waals surface area contributed by atoms with Crippen LogP contribution < -0.4 is 16.4 Å². The number of hydrogen-bond acceptors (Lipinski definition) is 3. The molecule has 1 aromatic carbocycles. The van der Waals surface area contributed by atoms with E-state index in [2.05, 4.69) is 10.6 Å². The number of rotatable bonds is 6. The Balaban J connectivity index is 2.08. The van der Waals surface area contributed by atoms with Crippen molar-refractivity contribution in [1.82, 2.24) is 5.32 Å². The van der Waals surface area contributed by atoms with Gasteiger partial charge in [0.25, 0.3) is 0 Å². The molecule has 3 amide bonds. The second-order valence-corrected chi connectivity index (χ2v) is 6.78. The first-order valence-electron chi connectivity index (χ1n) is 8.33. The van der Waals surface area contributed by atoms with Gasteiger partial charge in [-0.3, -0.25) is 14.4 Å². The molecule has 0 unspecified atom stereocenters. The van der Waals surface area contributed by atoms with Crippen molar-refractivity contribution in [2.45, 2.75) is 52.0 Å². The predicted molar refractivity (Wildman–Crippen MR) is 92.4 cm³/mol. The summed E-state index contributed by atoms with van der Waals surface area (Å²) in [5.74, 6) is -0.734. The zero-order chi connectivity index (χ0) is 17.7. The van der Waals surface area contributed by atoms with Gasteiger partial charge in [0.1, 0.15) is 0 Å². The molecule has 0 aliphatic heterocycles. The fourth-order valence-corrected chi connectivity index (χ4v) is 3.20. The summed E-state index contributed by atoms with van der Waals surface area (Å²) in [6.07, 6.45) is 3.52. The number of amides is 3. The van der Waals surface area contributed by atoms with Crippen LogP contribution in [-0.4, -0.2) is 23.8 Å². The smallest absolute Gasteiger partial charge is 0.248 e. The molecule has 0 aromatic heterocycles. The summed E-state index contributed by atoms with van der Waals surface area (Å²) in [5.41, 5.74) is 5.54. The van der Waals surface area contributed by atoms with Crippen molar-refractivity contribution >= 4 is 23.4 Å². The molecule has 2 rings (SSSR count). The van der Waals surface area contributed by atoms with Gasteiger partial charge in [0.2, 0.25) is 17.7 Å². The number of primary amides is 1. The zero-order valence-corrected chi connectivity index (χ0v) is 14.2. The highest BCUT2D eigenvalue weighted by Crippen LogP contribution is 2.42. The van der Waals surface area contributed by atoms with E-state index in [0.29, 0.717) is 24.1 Å². The van der Waals surface area contributed by atoms with Gasteiger partial charge in [0.05, 0.1) is 5.41 Å². The predicted octanol–water partition coefficient (Wildman–Crippen LogP) is 2.20. The van der Waals surface area contributed by atoms with Crippen molar-refractivity contribution in [2.75, 3.05) is 5.32 Å². The fraction of sp³-hybridized carbons (Fsp3) is 0.500. The number of carbonyl (C=O) groups excluding carboxylic acids is 3. The van der Waals surface area contributed by atoms with Crippen LogP contribution in [0.3, 0.4) is 0 Å². The van der Waals surface area contributed by atoms with Crippen molar-refractivity contribution in [1.29, 1.82) is 0 Å². The molecule has 0 bridgehead atoms. The zero-order valence-electron chi connectivity index (χ0n) is 14.2. The van der Waals surface area contributed by atoms with E-state index in [1.165, 1.54) is 0 Å². The molecule has 1 saturated carbocycles. The molecule has 1 fully saturated rings. The Morgan fingerprint density at radius 3 is 2.21 bits per heavy atom. The van der Waals surface area contributed by atoms with Gasteiger partial charge in [0.15, 0.2) is 0 Å². The van der Waals surface area contributed by atoms with E-state index in [1.807, 2.05) is 13.8 Å². The molecule has 6 nitrogen and oxygen atoms in total. The highest BCUT2D eigenvalue weighted by Gasteiger charge is 2.42. The summed E-state index contributed by atoms with van der Waals surface area (Å²) in [7, 11) is 0. The van der Waals surface area contributed by atoms with Gasteiger partial charge >= 0.3 is 0 Å². The summed E-state index contributed by atoms with van der Waals surface area (Å²) in [6, 6.07) is 6.50. The SMILES string of the molecule is CC(C)NC(=O)CC1(C(=O)Nc2ccc(C(N)=O)cc2)CCCC1. The molecule has 4 N–H and O–H groups in total. The molecular formula is C18H25N3O3. The van der Waals surface area contributed by atoms with Crippen LogP contribution in [0.4, 0.5) is 5.69 Å². The first-order valence-corrected chi connectivity index (χ1v) is 8.33. The lowest BCUT2D eigenvalue weighted by molar-refractivity contribution is -0.132. The number of carbonyl (C=O) groups is 3. The Morgan fingerprint density at radius 1 is 1.12 bits per heavy atom. The summed E-state index contributed by atoms with van der Waals surface area (Å²) < 4.78 is 0. The van der Waals surface area contributed by atoms with Crippen molar-refractivity contribution in [3.8, 4) is 0 Å². The third kappa shape index (κ3) is 4.34. The van der Waals surface area contributed by atoms with Crippen LogP contribution in [0.25, 0.3) is 0 Å². The molecule has 130 valence electrons. The third-order valence-corrected chi connectivity index (χ3v) is 4.42. The summed E-state index contributed by atoms with van der Waals surface area (Å²) >= 11 is 0. The quantitative estimate of drug-likeness (QED) is 0.744. The normalized spacial score (nSPS) is 16.0. The average molecular weight is 331 g/mol. The highest BCUT2D eigenvalue weighted by molar-refractivity contribution is 5.99. The van der Waals surface area contributed by atoms with Crippen LogP contribution in [-0.2, 0) is 9.59 Å². The largest absolute Gasteiger partial charge is 0.366 e. The van der Waals surface area contributed by atoms with Gasteiger partial charge in [-0.25, -0.2) is 0 Å². The third-order valence-electron chi connectivity index (χ3n) is 4.42. The molecule has 0 heterocycles. The van der Waals surface area contributed by atoms with E-state index in [1.54, 1.807) is 24.3 Å². The van der Waals surface area contributed by atoms with Crippen LogP contribution in [0, 0.1) is 5.41 Å². The van der Waals surface area contributed by atoms with Crippen molar-refractivity contribution in [3.63, 3.8) is 0 Å². The Morgan fingerprint density at radius 2 is 1.71 bits per heavy atom. The Bertz CT molecular complexity index is 617. The number of hydrogen-bond donors (Lipinski definition) is 3. The summed E-state index contributed by atoms with van der Waals surface area (Å²) in [4.78, 5) is 36.0. The van der Waals surface area contributed by atoms with Crippen LogP contribution >= 0.6 is 0 Å².